The van der Waals surface area contributed by atoms with Crippen molar-refractivity contribution >= 4 is 17.6 Å². The van der Waals surface area contributed by atoms with Gasteiger partial charge in [-0.05, 0) is 49.4 Å². The maximum atomic E-state index is 13.0. The highest BCUT2D eigenvalue weighted by Gasteiger charge is 2.13. The number of hydrogen-bond donors (Lipinski definition) is 2. The van der Waals surface area contributed by atoms with Crippen molar-refractivity contribution in [3.05, 3.63) is 77.0 Å². The Labute approximate surface area is 215 Å². The number of aromatic nitrogens is 2. The van der Waals surface area contributed by atoms with Crippen LogP contribution in [0.4, 0.5) is 5.82 Å². The molecule has 1 aromatic heterocycles. The Bertz CT molecular complexity index is 1260. The Hall–Kier alpha value is -4.17. The SMILES string of the molecule is COCCOCn1ccc(NC(=O)c2cc(C#Cc3ccc(C(N)=O)cc3)cc(O[C@@H](C)COC)c2)n1. The minimum atomic E-state index is -0.506. The number of primary amides is 1. The Kier molecular flexibility index (Phi) is 10.2. The van der Waals surface area contributed by atoms with Gasteiger partial charge in [-0.3, -0.25) is 9.59 Å². The summed E-state index contributed by atoms with van der Waals surface area (Å²) in [5.41, 5.74) is 7.30. The van der Waals surface area contributed by atoms with E-state index < -0.39 is 5.91 Å². The quantitative estimate of drug-likeness (QED) is 0.286. The summed E-state index contributed by atoms with van der Waals surface area (Å²) in [5, 5.41) is 7.08. The second-order valence-corrected chi connectivity index (χ2v) is 8.05. The summed E-state index contributed by atoms with van der Waals surface area (Å²) in [7, 11) is 3.19. The molecule has 3 rings (SSSR count). The summed E-state index contributed by atoms with van der Waals surface area (Å²) in [6.07, 6.45) is 1.47. The molecule has 0 aliphatic heterocycles. The maximum absolute atomic E-state index is 13.0. The van der Waals surface area contributed by atoms with E-state index in [2.05, 4.69) is 22.3 Å². The summed E-state index contributed by atoms with van der Waals surface area (Å²) >= 11 is 0. The van der Waals surface area contributed by atoms with E-state index in [1.54, 1.807) is 73.6 Å². The molecule has 2 amide bonds. The minimum Gasteiger partial charge on any atom is -0.488 e. The molecule has 1 atom stereocenters. The molecule has 0 bridgehead atoms. The largest absolute Gasteiger partial charge is 0.488 e. The van der Waals surface area contributed by atoms with Crippen LogP contribution in [0.2, 0.25) is 0 Å². The third-order valence-electron chi connectivity index (χ3n) is 4.97. The topological polar surface area (TPSA) is 127 Å². The zero-order valence-electron chi connectivity index (χ0n) is 21.0. The number of benzene rings is 2. The van der Waals surface area contributed by atoms with Crippen molar-refractivity contribution in [2.24, 2.45) is 5.73 Å². The predicted octanol–water partition coefficient (Wildman–Crippen LogP) is 2.67. The van der Waals surface area contributed by atoms with E-state index in [9.17, 15) is 9.59 Å². The minimum absolute atomic E-state index is 0.236. The third kappa shape index (κ3) is 8.77. The van der Waals surface area contributed by atoms with Crippen LogP contribution >= 0.6 is 0 Å². The molecule has 0 aliphatic rings. The predicted molar refractivity (Wildman–Crippen MR) is 137 cm³/mol. The molecule has 1 heterocycles. The second-order valence-electron chi connectivity index (χ2n) is 8.05. The maximum Gasteiger partial charge on any atom is 0.257 e. The first kappa shape index (κ1) is 27.4. The number of ether oxygens (including phenoxy) is 4. The Morgan fingerprint density at radius 3 is 2.46 bits per heavy atom. The first-order chi connectivity index (χ1) is 17.9. The standard InChI is InChI=1S/C27H30N4O6/c1-19(17-35-3)37-24-15-21(5-4-20-6-8-22(9-7-20)26(28)32)14-23(16-24)27(33)29-25-10-11-31(30-25)18-36-13-12-34-2/h6-11,14-16,19H,12-13,17-18H2,1-3H3,(H2,28,32)(H,29,30,33)/t19-/m0/s1. The van der Waals surface area contributed by atoms with E-state index in [4.69, 9.17) is 24.7 Å². The van der Waals surface area contributed by atoms with Crippen LogP contribution in [0, 0.1) is 11.8 Å². The number of amides is 2. The number of carbonyl (C=O) groups is 2. The molecule has 0 unspecified atom stereocenters. The van der Waals surface area contributed by atoms with Gasteiger partial charge in [-0.15, -0.1) is 0 Å². The van der Waals surface area contributed by atoms with E-state index in [0.29, 0.717) is 53.6 Å². The first-order valence-electron chi connectivity index (χ1n) is 11.5. The fourth-order valence-corrected chi connectivity index (χ4v) is 3.22. The number of carbonyl (C=O) groups excluding carboxylic acids is 2. The van der Waals surface area contributed by atoms with E-state index in [1.165, 1.54) is 0 Å². The first-order valence-corrected chi connectivity index (χ1v) is 11.5. The molecule has 194 valence electrons. The summed E-state index contributed by atoms with van der Waals surface area (Å²) < 4.78 is 23.0. The second kappa shape index (κ2) is 13.8. The molecule has 3 aromatic rings. The lowest BCUT2D eigenvalue weighted by Crippen LogP contribution is -2.19. The summed E-state index contributed by atoms with van der Waals surface area (Å²) in [6.45, 7) is 3.40. The molecule has 3 N–H and O–H groups in total. The number of methoxy groups -OCH3 is 2. The number of nitrogens with two attached hydrogens (primary N) is 1. The van der Waals surface area contributed by atoms with Gasteiger partial charge in [0.05, 0.1) is 19.8 Å². The van der Waals surface area contributed by atoms with Crippen LogP contribution in [-0.2, 0) is 20.9 Å². The average molecular weight is 507 g/mol. The number of nitrogens with zero attached hydrogens (tertiary/aromatic N) is 2. The van der Waals surface area contributed by atoms with Crippen molar-refractivity contribution in [3.63, 3.8) is 0 Å². The molecular formula is C27H30N4O6. The van der Waals surface area contributed by atoms with Gasteiger partial charge in [0.2, 0.25) is 5.91 Å². The van der Waals surface area contributed by atoms with Gasteiger partial charge in [0.1, 0.15) is 18.6 Å². The van der Waals surface area contributed by atoms with Gasteiger partial charge in [-0.2, -0.15) is 5.10 Å². The van der Waals surface area contributed by atoms with Crippen LogP contribution in [0.5, 0.6) is 5.75 Å². The van der Waals surface area contributed by atoms with Crippen molar-refractivity contribution in [2.45, 2.75) is 19.8 Å². The number of nitrogens with one attached hydrogen (secondary N) is 1. The highest BCUT2D eigenvalue weighted by molar-refractivity contribution is 6.04. The van der Waals surface area contributed by atoms with Crippen molar-refractivity contribution in [3.8, 4) is 17.6 Å². The van der Waals surface area contributed by atoms with Gasteiger partial charge in [-0.1, -0.05) is 11.8 Å². The zero-order chi connectivity index (χ0) is 26.6. The van der Waals surface area contributed by atoms with E-state index in [0.717, 1.165) is 0 Å². The number of hydrogen-bond acceptors (Lipinski definition) is 7. The van der Waals surface area contributed by atoms with Crippen molar-refractivity contribution in [1.82, 2.24) is 9.78 Å². The van der Waals surface area contributed by atoms with Gasteiger partial charge in [0.15, 0.2) is 5.82 Å². The summed E-state index contributed by atoms with van der Waals surface area (Å²) in [5.74, 6) is 6.05. The van der Waals surface area contributed by atoms with Crippen LogP contribution in [-0.4, -0.2) is 61.7 Å². The van der Waals surface area contributed by atoms with Crippen molar-refractivity contribution in [2.75, 3.05) is 39.4 Å². The molecule has 37 heavy (non-hydrogen) atoms. The lowest BCUT2D eigenvalue weighted by molar-refractivity contribution is 0.0290. The van der Waals surface area contributed by atoms with Crippen LogP contribution in [0.15, 0.2) is 54.7 Å². The van der Waals surface area contributed by atoms with Gasteiger partial charge >= 0.3 is 0 Å². The summed E-state index contributed by atoms with van der Waals surface area (Å²) in [4.78, 5) is 24.3. The van der Waals surface area contributed by atoms with E-state index in [1.807, 2.05) is 6.92 Å². The van der Waals surface area contributed by atoms with Crippen molar-refractivity contribution < 1.29 is 28.5 Å². The fraction of sp³-hybridized carbons (Fsp3) is 0.296. The molecular weight excluding hydrogens is 476 g/mol. The Morgan fingerprint density at radius 2 is 1.76 bits per heavy atom. The van der Waals surface area contributed by atoms with Crippen LogP contribution in [0.1, 0.15) is 38.8 Å². The lowest BCUT2D eigenvalue weighted by atomic mass is 10.1. The van der Waals surface area contributed by atoms with Gasteiger partial charge < -0.3 is 30.0 Å². The number of rotatable bonds is 12. The lowest BCUT2D eigenvalue weighted by Gasteiger charge is -2.15. The highest BCUT2D eigenvalue weighted by atomic mass is 16.5. The molecule has 10 nitrogen and oxygen atoms in total. The van der Waals surface area contributed by atoms with Crippen LogP contribution < -0.4 is 15.8 Å². The molecule has 0 fully saturated rings. The molecule has 0 aliphatic carbocycles. The normalized spacial score (nSPS) is 11.3. The molecule has 0 saturated heterocycles. The van der Waals surface area contributed by atoms with Gasteiger partial charge in [-0.25, -0.2) is 4.68 Å². The number of anilines is 1. The van der Waals surface area contributed by atoms with E-state index >= 15 is 0 Å². The van der Waals surface area contributed by atoms with Crippen LogP contribution in [0.3, 0.4) is 0 Å². The molecule has 0 radical (unpaired) electrons. The molecule has 10 heteroatoms. The molecule has 2 aromatic carbocycles. The Morgan fingerprint density at radius 1 is 1.00 bits per heavy atom. The summed E-state index contributed by atoms with van der Waals surface area (Å²) in [6, 6.07) is 13.4. The highest BCUT2D eigenvalue weighted by Crippen LogP contribution is 2.20. The van der Waals surface area contributed by atoms with Crippen molar-refractivity contribution in [1.29, 1.82) is 0 Å². The monoisotopic (exact) mass is 506 g/mol. The van der Waals surface area contributed by atoms with Crippen LogP contribution in [0.25, 0.3) is 0 Å². The average Bonchev–Trinajstić information content (AvgIpc) is 3.32. The smallest absolute Gasteiger partial charge is 0.257 e. The zero-order valence-corrected chi connectivity index (χ0v) is 21.0. The van der Waals surface area contributed by atoms with E-state index in [-0.39, 0.29) is 18.7 Å². The fourth-order valence-electron chi connectivity index (χ4n) is 3.22. The van der Waals surface area contributed by atoms with Gasteiger partial charge in [0, 0.05) is 48.7 Å². The third-order valence-corrected chi connectivity index (χ3v) is 4.97. The van der Waals surface area contributed by atoms with Gasteiger partial charge in [0.25, 0.3) is 5.91 Å². The molecule has 0 saturated carbocycles. The molecule has 0 spiro atoms. The Balaban J connectivity index is 1.79.